The molecule has 7 heteroatoms. The summed E-state index contributed by atoms with van der Waals surface area (Å²) in [5.41, 5.74) is 0.981. The Hall–Kier alpha value is -2.41. The predicted octanol–water partition coefficient (Wildman–Crippen LogP) is 2.62. The average molecular weight is 360 g/mol. The van der Waals surface area contributed by atoms with Crippen LogP contribution in [0.3, 0.4) is 0 Å². The van der Waals surface area contributed by atoms with Crippen LogP contribution in [0.25, 0.3) is 0 Å². The number of piperazine rings is 1. The van der Waals surface area contributed by atoms with Gasteiger partial charge in [0, 0.05) is 39.3 Å². The van der Waals surface area contributed by atoms with E-state index in [1.54, 1.807) is 18.0 Å². The van der Waals surface area contributed by atoms with E-state index in [-0.39, 0.29) is 17.8 Å². The molecule has 1 aliphatic heterocycles. The predicted molar refractivity (Wildman–Crippen MR) is 97.6 cm³/mol. The van der Waals surface area contributed by atoms with Crippen molar-refractivity contribution in [1.82, 2.24) is 14.8 Å². The summed E-state index contributed by atoms with van der Waals surface area (Å²) in [6, 6.07) is 6.95. The number of para-hydroxylation sites is 1. The monoisotopic (exact) mass is 360 g/mol. The highest BCUT2D eigenvalue weighted by Crippen LogP contribution is 2.20. The van der Waals surface area contributed by atoms with Gasteiger partial charge >= 0.3 is 0 Å². The molecule has 26 heavy (non-hydrogen) atoms. The molecular formula is C19H25FN4O2. The number of benzene rings is 1. The van der Waals surface area contributed by atoms with Crippen LogP contribution in [0.2, 0.25) is 0 Å². The highest BCUT2D eigenvalue weighted by atomic mass is 19.1. The van der Waals surface area contributed by atoms with Crippen LogP contribution in [0, 0.1) is 5.82 Å². The molecule has 0 unspecified atom stereocenters. The molecule has 1 fully saturated rings. The standard InChI is InChI=1S/C19H25FN4O2/c1-14(2)22(3)19(25)16-13-26-18(21-16)12-23-8-10-24(11-9-23)17-7-5-4-6-15(17)20/h4-7,13-14H,8-12H2,1-3H3. The molecule has 1 aromatic carbocycles. The Bertz CT molecular complexity index is 754. The average Bonchev–Trinajstić information content (AvgIpc) is 3.10. The Morgan fingerprint density at radius 1 is 1.27 bits per heavy atom. The summed E-state index contributed by atoms with van der Waals surface area (Å²) in [4.78, 5) is 22.5. The molecule has 1 saturated heterocycles. The summed E-state index contributed by atoms with van der Waals surface area (Å²) in [6.07, 6.45) is 1.42. The molecule has 0 spiro atoms. The number of amides is 1. The first kappa shape index (κ1) is 18.4. The summed E-state index contributed by atoms with van der Waals surface area (Å²) >= 11 is 0. The number of rotatable bonds is 5. The molecule has 0 N–H and O–H groups in total. The van der Waals surface area contributed by atoms with Crippen LogP contribution in [0.15, 0.2) is 34.9 Å². The highest BCUT2D eigenvalue weighted by molar-refractivity contribution is 5.91. The molecule has 0 bridgehead atoms. The second-order valence-corrected chi connectivity index (χ2v) is 6.85. The Kier molecular flexibility index (Phi) is 5.56. The third-order valence-corrected chi connectivity index (χ3v) is 4.79. The van der Waals surface area contributed by atoms with Crippen LogP contribution in [0.4, 0.5) is 10.1 Å². The quantitative estimate of drug-likeness (QED) is 0.820. The molecule has 2 heterocycles. The molecule has 3 rings (SSSR count). The lowest BCUT2D eigenvalue weighted by Gasteiger charge is -2.35. The van der Waals surface area contributed by atoms with Crippen LogP contribution in [0.1, 0.15) is 30.2 Å². The van der Waals surface area contributed by atoms with E-state index < -0.39 is 0 Å². The summed E-state index contributed by atoms with van der Waals surface area (Å²) in [7, 11) is 1.75. The van der Waals surface area contributed by atoms with Gasteiger partial charge in [-0.1, -0.05) is 12.1 Å². The van der Waals surface area contributed by atoms with Gasteiger partial charge in [0.25, 0.3) is 5.91 Å². The summed E-state index contributed by atoms with van der Waals surface area (Å²) in [6.45, 7) is 7.50. The fourth-order valence-electron chi connectivity index (χ4n) is 2.94. The third-order valence-electron chi connectivity index (χ3n) is 4.79. The Balaban J connectivity index is 1.55. The van der Waals surface area contributed by atoms with Gasteiger partial charge in [-0.2, -0.15) is 0 Å². The van der Waals surface area contributed by atoms with Gasteiger partial charge in [0.2, 0.25) is 5.89 Å². The molecule has 1 aliphatic rings. The number of hydrogen-bond donors (Lipinski definition) is 0. The number of nitrogens with zero attached hydrogens (tertiary/aromatic N) is 4. The third kappa shape index (κ3) is 4.04. The lowest BCUT2D eigenvalue weighted by Crippen LogP contribution is -2.46. The lowest BCUT2D eigenvalue weighted by atomic mass is 10.2. The van der Waals surface area contributed by atoms with E-state index in [0.29, 0.717) is 23.8 Å². The van der Waals surface area contributed by atoms with Gasteiger partial charge in [-0.05, 0) is 26.0 Å². The van der Waals surface area contributed by atoms with Gasteiger partial charge in [0.1, 0.15) is 12.1 Å². The molecule has 0 saturated carbocycles. The van der Waals surface area contributed by atoms with Crippen LogP contribution in [-0.2, 0) is 6.54 Å². The van der Waals surface area contributed by atoms with Crippen molar-refractivity contribution in [1.29, 1.82) is 0 Å². The van der Waals surface area contributed by atoms with E-state index in [9.17, 15) is 9.18 Å². The van der Waals surface area contributed by atoms with Gasteiger partial charge in [-0.25, -0.2) is 9.37 Å². The number of oxazole rings is 1. The van der Waals surface area contributed by atoms with E-state index in [2.05, 4.69) is 9.88 Å². The topological polar surface area (TPSA) is 52.8 Å². The lowest BCUT2D eigenvalue weighted by molar-refractivity contribution is 0.0749. The number of carbonyl (C=O) groups excluding carboxylic acids is 1. The molecule has 6 nitrogen and oxygen atoms in total. The molecule has 1 aromatic heterocycles. The zero-order chi connectivity index (χ0) is 18.7. The number of aromatic nitrogens is 1. The van der Waals surface area contributed by atoms with E-state index in [1.165, 1.54) is 12.3 Å². The smallest absolute Gasteiger partial charge is 0.275 e. The molecule has 140 valence electrons. The van der Waals surface area contributed by atoms with Crippen molar-refractivity contribution < 1.29 is 13.6 Å². The number of carbonyl (C=O) groups is 1. The summed E-state index contributed by atoms with van der Waals surface area (Å²) in [5, 5.41) is 0. The van der Waals surface area contributed by atoms with E-state index in [0.717, 1.165) is 26.2 Å². The second kappa shape index (κ2) is 7.86. The van der Waals surface area contributed by atoms with Crippen molar-refractivity contribution in [2.75, 3.05) is 38.1 Å². The maximum absolute atomic E-state index is 13.9. The van der Waals surface area contributed by atoms with E-state index in [4.69, 9.17) is 4.42 Å². The van der Waals surface area contributed by atoms with Crippen LogP contribution < -0.4 is 4.90 Å². The maximum atomic E-state index is 13.9. The second-order valence-electron chi connectivity index (χ2n) is 6.85. The number of halogens is 1. The Morgan fingerprint density at radius 2 is 1.96 bits per heavy atom. The molecular weight excluding hydrogens is 335 g/mol. The maximum Gasteiger partial charge on any atom is 0.275 e. The molecule has 0 atom stereocenters. The van der Waals surface area contributed by atoms with Crippen molar-refractivity contribution in [3.63, 3.8) is 0 Å². The molecule has 2 aromatic rings. The van der Waals surface area contributed by atoms with Crippen LogP contribution in [-0.4, -0.2) is 60.0 Å². The van der Waals surface area contributed by atoms with Crippen molar-refractivity contribution >= 4 is 11.6 Å². The SMILES string of the molecule is CC(C)N(C)C(=O)c1coc(CN2CCN(c3ccccc3F)CC2)n1. The van der Waals surface area contributed by atoms with Gasteiger partial charge < -0.3 is 14.2 Å². The van der Waals surface area contributed by atoms with Crippen molar-refractivity contribution in [2.24, 2.45) is 0 Å². The van der Waals surface area contributed by atoms with Gasteiger partial charge in [0.05, 0.1) is 12.2 Å². The number of hydrogen-bond acceptors (Lipinski definition) is 5. The minimum absolute atomic E-state index is 0.106. The largest absolute Gasteiger partial charge is 0.447 e. The fourth-order valence-corrected chi connectivity index (χ4v) is 2.94. The van der Waals surface area contributed by atoms with Gasteiger partial charge in [-0.15, -0.1) is 0 Å². The van der Waals surface area contributed by atoms with Gasteiger partial charge in [-0.3, -0.25) is 9.69 Å². The van der Waals surface area contributed by atoms with Crippen molar-refractivity contribution in [3.8, 4) is 0 Å². The van der Waals surface area contributed by atoms with Gasteiger partial charge in [0.15, 0.2) is 5.69 Å². The van der Waals surface area contributed by atoms with E-state index in [1.807, 2.05) is 30.9 Å². The summed E-state index contributed by atoms with van der Waals surface area (Å²) in [5.74, 6) is 0.204. The number of anilines is 1. The zero-order valence-corrected chi connectivity index (χ0v) is 15.5. The molecule has 0 aliphatic carbocycles. The van der Waals surface area contributed by atoms with Crippen LogP contribution >= 0.6 is 0 Å². The zero-order valence-electron chi connectivity index (χ0n) is 15.5. The minimum atomic E-state index is -0.189. The Morgan fingerprint density at radius 3 is 2.62 bits per heavy atom. The molecule has 0 radical (unpaired) electrons. The Labute approximate surface area is 153 Å². The van der Waals surface area contributed by atoms with E-state index >= 15 is 0 Å². The van der Waals surface area contributed by atoms with Crippen molar-refractivity contribution in [3.05, 3.63) is 47.9 Å². The first-order chi connectivity index (χ1) is 12.5. The minimum Gasteiger partial charge on any atom is -0.447 e. The molecule has 1 amide bonds. The fraction of sp³-hybridized carbons (Fsp3) is 0.474. The first-order valence-corrected chi connectivity index (χ1v) is 8.89. The van der Waals surface area contributed by atoms with Crippen molar-refractivity contribution in [2.45, 2.75) is 26.4 Å². The normalized spacial score (nSPS) is 15.5. The summed E-state index contributed by atoms with van der Waals surface area (Å²) < 4.78 is 19.4. The first-order valence-electron chi connectivity index (χ1n) is 8.89. The highest BCUT2D eigenvalue weighted by Gasteiger charge is 2.22. The van der Waals surface area contributed by atoms with Crippen LogP contribution in [0.5, 0.6) is 0 Å².